The van der Waals surface area contributed by atoms with Crippen molar-refractivity contribution in [1.29, 1.82) is 0 Å². The van der Waals surface area contributed by atoms with E-state index in [1.165, 1.54) is 0 Å². The van der Waals surface area contributed by atoms with Crippen LogP contribution in [0.5, 0.6) is 0 Å². The van der Waals surface area contributed by atoms with E-state index in [-0.39, 0.29) is 75.4 Å². The molecule has 4 heterocycles. The molecule has 0 aromatic carbocycles. The van der Waals surface area contributed by atoms with Crippen LogP contribution in [-0.4, -0.2) is 162 Å². The monoisotopic (exact) mass is 1270 g/mol. The van der Waals surface area contributed by atoms with Crippen LogP contribution in [0.15, 0.2) is 0 Å². The summed E-state index contributed by atoms with van der Waals surface area (Å²) >= 11 is 25.7. The molecule has 0 N–H and O–H groups in total. The second-order valence-electron chi connectivity index (χ2n) is 28.1. The molecule has 68 heavy (non-hydrogen) atoms. The standard InChI is InChI=1S/4C8H24ClN2OSi4.4Li/c4*1-13(2,3)10-15(7,8)11(14(4,5)6)16(10,9)12;;;;/h4*1-8H3;;;;/q4*-1;4*+1. The maximum absolute atomic E-state index is 12.8. The molecule has 0 atom stereocenters. The van der Waals surface area contributed by atoms with E-state index in [2.05, 4.69) is 241 Å². The minimum absolute atomic E-state index is 0. The number of hydrogen-bond donors (Lipinski definition) is 0. The molecule has 4 saturated heterocycles. The van der Waals surface area contributed by atoms with Gasteiger partial charge in [0.15, 0.2) is 65.4 Å². The number of halogens is 4. The Morgan fingerprint density at radius 2 is 0.279 bits per heavy atom. The van der Waals surface area contributed by atoms with E-state index in [1.807, 2.05) is 0 Å². The van der Waals surface area contributed by atoms with E-state index in [4.69, 9.17) is 44.3 Å². The van der Waals surface area contributed by atoms with Crippen LogP contribution in [0.25, 0.3) is 0 Å². The van der Waals surface area contributed by atoms with Crippen molar-refractivity contribution in [1.82, 2.24) is 31.2 Å². The minimum atomic E-state index is -3.04. The van der Waals surface area contributed by atoms with E-state index in [0.717, 1.165) is 0 Å². The van der Waals surface area contributed by atoms with Crippen molar-refractivity contribution in [2.24, 2.45) is 0 Å². The molecule has 12 nitrogen and oxygen atoms in total. The topological polar surface area (TPSA) is 118 Å². The Bertz CT molecular complexity index is 1280. The second kappa shape index (κ2) is 24.2. The molecule has 4 rings (SSSR count). The molecular weight excluding hydrogens is 1180 g/mol. The van der Waals surface area contributed by atoms with Gasteiger partial charge in [-0.3, -0.25) is 0 Å². The summed E-state index contributed by atoms with van der Waals surface area (Å²) in [6.07, 6.45) is 0. The van der Waals surface area contributed by atoms with Crippen molar-refractivity contribution in [2.75, 3.05) is 0 Å². The van der Waals surface area contributed by atoms with Gasteiger partial charge in [-0.15, -0.1) is 44.3 Å². The molecule has 0 spiro atoms. The maximum atomic E-state index is 12.8. The van der Waals surface area contributed by atoms with Gasteiger partial charge in [0.05, 0.1) is 0 Å². The smallest absolute Gasteiger partial charge is 0.825 e. The fourth-order valence-corrected chi connectivity index (χ4v) is 163. The zero-order valence-corrected chi connectivity index (χ0v) is 69.7. The first-order valence-corrected chi connectivity index (χ1v) is 73.4. The molecule has 384 valence electrons. The fraction of sp³-hybridized carbons (Fsp3) is 1.00. The SMILES string of the molecule is C[Si](C)(C)N1[Si](C)(C)N([Si](C)(C)C)[Si]1([O-])Cl.C[Si](C)(C)N1[Si](C)(C)N([Si](C)(C)C)[Si]1([O-])Cl.C[Si](C)(C)N1[Si](C)(C)N([Si](C)(C)C)[Si]1([O-])Cl.C[Si](C)(C)N1[Si](C)(C)N([Si](C)(C)C)[Si]1([O-])Cl.[Li+].[Li+].[Li+].[Li+]. The van der Waals surface area contributed by atoms with Gasteiger partial charge in [-0.1, -0.05) is 157 Å². The first-order chi connectivity index (χ1) is 26.9. The van der Waals surface area contributed by atoms with Crippen LogP contribution in [0.2, 0.25) is 210 Å². The predicted octanol–water partition coefficient (Wildman–Crippen LogP) is -3.94. The third-order valence-corrected chi connectivity index (χ3v) is 120. The number of rotatable bonds is 8. The van der Waals surface area contributed by atoms with Crippen LogP contribution < -0.4 is 94.6 Å². The third kappa shape index (κ3) is 16.4. The molecule has 0 saturated carbocycles. The molecule has 4 aliphatic rings. The zero-order chi connectivity index (χ0) is 52.6. The molecule has 0 radical (unpaired) electrons. The molecule has 0 aromatic heterocycles. The van der Waals surface area contributed by atoms with Gasteiger partial charge in [0, 0.05) is 0 Å². The first-order valence-electron chi connectivity index (χ1n) is 22.9. The normalized spacial score (nSPS) is 25.1. The summed E-state index contributed by atoms with van der Waals surface area (Å²) < 4.78 is 18.2. The van der Waals surface area contributed by atoms with Crippen LogP contribution in [0.3, 0.4) is 0 Å². The molecule has 36 heteroatoms. The van der Waals surface area contributed by atoms with Crippen molar-refractivity contribution in [3.63, 3.8) is 0 Å². The molecule has 0 aromatic rings. The van der Waals surface area contributed by atoms with E-state index >= 15 is 0 Å². The van der Waals surface area contributed by atoms with Crippen molar-refractivity contribution >= 4 is 176 Å². The predicted molar refractivity (Wildman–Crippen MR) is 318 cm³/mol. The molecule has 0 bridgehead atoms. The maximum Gasteiger partial charge on any atom is 1.00 e. The summed E-state index contributed by atoms with van der Waals surface area (Å²) in [4.78, 5) is 51.2. The fourth-order valence-electron chi connectivity index (χ4n) is 13.2. The third-order valence-electron chi connectivity index (χ3n) is 12.0. The molecular formula is C32H96Cl4Li4N8O4Si16. The van der Waals surface area contributed by atoms with Crippen LogP contribution >= 0.6 is 44.3 Å². The summed E-state index contributed by atoms with van der Waals surface area (Å²) in [5.41, 5.74) is 0. The van der Waals surface area contributed by atoms with Crippen LogP contribution in [0.1, 0.15) is 0 Å². The average molecular weight is 1280 g/mol. The molecule has 0 amide bonds. The summed E-state index contributed by atoms with van der Waals surface area (Å²) in [5, 5.41) is 0. The number of hydrogen-bond acceptors (Lipinski definition) is 12. The van der Waals surface area contributed by atoms with Crippen molar-refractivity contribution in [3.8, 4) is 0 Å². The quantitative estimate of drug-likeness (QED) is 0.175. The van der Waals surface area contributed by atoms with E-state index < -0.39 is 131 Å². The summed E-state index contributed by atoms with van der Waals surface area (Å²) in [6, 6.07) is 0. The van der Waals surface area contributed by atoms with Gasteiger partial charge in [-0.05, 0) is 52.4 Å². The Hall–Kier alpha value is 6.54. The van der Waals surface area contributed by atoms with Gasteiger partial charge in [-0.25, -0.2) is 0 Å². The van der Waals surface area contributed by atoms with Crippen molar-refractivity contribution in [2.45, 2.75) is 210 Å². The molecule has 4 aliphatic heterocycles. The van der Waals surface area contributed by atoms with Gasteiger partial charge in [0.2, 0.25) is 0 Å². The van der Waals surface area contributed by atoms with E-state index in [1.54, 1.807) is 0 Å². The van der Waals surface area contributed by atoms with E-state index in [9.17, 15) is 19.2 Å². The average Bonchev–Trinajstić information content (AvgIpc) is 2.76. The Labute approximate surface area is 504 Å². The summed E-state index contributed by atoms with van der Waals surface area (Å²) in [7, 11) is -31.6. The largest absolute Gasteiger partial charge is 1.00 e. The Balaban J connectivity index is -0.000000394. The van der Waals surface area contributed by atoms with Crippen LogP contribution in [0, 0.1) is 0 Å². The summed E-state index contributed by atoms with van der Waals surface area (Å²) in [5.74, 6) is 0. The molecule has 0 aliphatic carbocycles. The van der Waals surface area contributed by atoms with Gasteiger partial charge >= 0.3 is 75.4 Å². The zero-order valence-electron chi connectivity index (χ0n) is 50.7. The molecule has 4 fully saturated rings. The van der Waals surface area contributed by atoms with Gasteiger partial charge in [0.1, 0.15) is 65.9 Å². The Morgan fingerprint density at radius 3 is 0.309 bits per heavy atom. The van der Waals surface area contributed by atoms with Gasteiger partial charge in [0.25, 0.3) is 0 Å². The first kappa shape index (κ1) is 81.0. The minimum Gasteiger partial charge on any atom is -0.825 e. The summed E-state index contributed by atoms with van der Waals surface area (Å²) in [6.45, 7) is 72.1. The van der Waals surface area contributed by atoms with Crippen molar-refractivity contribution < 1.29 is 94.6 Å². The van der Waals surface area contributed by atoms with Crippen molar-refractivity contribution in [3.05, 3.63) is 0 Å². The Morgan fingerprint density at radius 1 is 0.221 bits per heavy atom. The Kier molecular flexibility index (Phi) is 28.8. The van der Waals surface area contributed by atoms with E-state index in [0.29, 0.717) is 0 Å². The van der Waals surface area contributed by atoms with Crippen LogP contribution in [-0.2, 0) is 0 Å². The van der Waals surface area contributed by atoms with Gasteiger partial charge in [-0.2, -0.15) is 0 Å². The number of nitrogens with zero attached hydrogens (tertiary/aromatic N) is 8. The van der Waals surface area contributed by atoms with Crippen LogP contribution in [0.4, 0.5) is 0 Å². The van der Waals surface area contributed by atoms with Gasteiger partial charge < -0.3 is 50.4 Å². The molecule has 0 unspecified atom stereocenters. The second-order valence-corrected chi connectivity index (χ2v) is 106.